The van der Waals surface area contributed by atoms with Crippen molar-refractivity contribution in [1.29, 1.82) is 0 Å². The standard InChI is InChI=1S/C29H30Cl2FN3O3/c30-24-4-1-18(15-25(24)31)2-6-27(36)34-11-9-20(10-12-34)28(29(37)38)35-13-7-19(8-14-35)23-17-33-26-5-3-21(32)16-22(23)26/h1-6,15-17,19-20,28,33H,7-14H2,(H,37,38). The molecule has 38 heavy (non-hydrogen) atoms. The van der Waals surface area contributed by atoms with Gasteiger partial charge in [0.05, 0.1) is 10.0 Å². The molecule has 0 radical (unpaired) electrons. The number of carbonyl (C=O) groups is 2. The molecular formula is C29H30Cl2FN3O3. The van der Waals surface area contributed by atoms with E-state index in [1.165, 1.54) is 12.1 Å². The zero-order valence-electron chi connectivity index (χ0n) is 20.9. The van der Waals surface area contributed by atoms with Crippen molar-refractivity contribution < 1.29 is 19.1 Å². The number of nitrogens with one attached hydrogen (secondary N) is 1. The lowest BCUT2D eigenvalue weighted by Gasteiger charge is -2.41. The third-order valence-electron chi connectivity index (χ3n) is 7.95. The van der Waals surface area contributed by atoms with Gasteiger partial charge < -0.3 is 15.0 Å². The second-order valence-electron chi connectivity index (χ2n) is 10.2. The molecule has 5 rings (SSSR count). The molecule has 2 saturated heterocycles. The van der Waals surface area contributed by atoms with E-state index >= 15 is 0 Å². The molecule has 2 aliphatic heterocycles. The maximum absolute atomic E-state index is 13.8. The van der Waals surface area contributed by atoms with Gasteiger partial charge in [0, 0.05) is 36.3 Å². The number of aromatic nitrogens is 1. The Kier molecular flexibility index (Phi) is 8.07. The van der Waals surface area contributed by atoms with E-state index in [4.69, 9.17) is 23.2 Å². The molecule has 1 unspecified atom stereocenters. The molecule has 200 valence electrons. The fraction of sp³-hybridized carbons (Fsp3) is 0.379. The minimum absolute atomic E-state index is 0.0191. The highest BCUT2D eigenvalue weighted by atomic mass is 35.5. The van der Waals surface area contributed by atoms with Crippen LogP contribution < -0.4 is 0 Å². The van der Waals surface area contributed by atoms with Gasteiger partial charge in [-0.3, -0.25) is 14.5 Å². The first kappa shape index (κ1) is 26.7. The highest BCUT2D eigenvalue weighted by Gasteiger charge is 2.38. The molecule has 0 bridgehead atoms. The number of rotatable bonds is 6. The average Bonchev–Trinajstić information content (AvgIpc) is 3.33. The van der Waals surface area contributed by atoms with Crippen LogP contribution in [-0.4, -0.2) is 64.0 Å². The lowest BCUT2D eigenvalue weighted by atomic mass is 9.84. The number of piperidine rings is 2. The number of hydrogen-bond donors (Lipinski definition) is 2. The molecule has 2 aliphatic rings. The summed E-state index contributed by atoms with van der Waals surface area (Å²) in [5.41, 5.74) is 2.81. The van der Waals surface area contributed by atoms with Gasteiger partial charge in [0.15, 0.2) is 0 Å². The molecule has 0 saturated carbocycles. The zero-order chi connectivity index (χ0) is 26.8. The summed E-state index contributed by atoms with van der Waals surface area (Å²) in [6, 6.07) is 9.40. The van der Waals surface area contributed by atoms with E-state index in [2.05, 4.69) is 9.88 Å². The maximum atomic E-state index is 13.8. The molecule has 1 atom stereocenters. The van der Waals surface area contributed by atoms with Crippen molar-refractivity contribution >= 4 is 52.1 Å². The largest absolute Gasteiger partial charge is 0.480 e. The highest BCUT2D eigenvalue weighted by Crippen LogP contribution is 2.36. The van der Waals surface area contributed by atoms with Crippen LogP contribution in [0.1, 0.15) is 42.7 Å². The van der Waals surface area contributed by atoms with Gasteiger partial charge in [0.1, 0.15) is 11.9 Å². The smallest absolute Gasteiger partial charge is 0.321 e. The van der Waals surface area contributed by atoms with Crippen LogP contribution in [-0.2, 0) is 9.59 Å². The Morgan fingerprint density at radius 2 is 1.74 bits per heavy atom. The van der Waals surface area contributed by atoms with Gasteiger partial charge in [-0.1, -0.05) is 29.3 Å². The van der Waals surface area contributed by atoms with Crippen molar-refractivity contribution in [3.63, 3.8) is 0 Å². The number of fused-ring (bicyclic) bond motifs is 1. The summed E-state index contributed by atoms with van der Waals surface area (Å²) in [6.45, 7) is 2.40. The summed E-state index contributed by atoms with van der Waals surface area (Å²) in [6.07, 6.45) is 8.13. The van der Waals surface area contributed by atoms with Crippen molar-refractivity contribution in [2.45, 2.75) is 37.6 Å². The molecule has 3 aromatic rings. The van der Waals surface area contributed by atoms with Crippen LogP contribution in [0.4, 0.5) is 4.39 Å². The highest BCUT2D eigenvalue weighted by molar-refractivity contribution is 6.42. The van der Waals surface area contributed by atoms with E-state index in [1.807, 2.05) is 6.20 Å². The van der Waals surface area contributed by atoms with Crippen LogP contribution in [0.2, 0.25) is 10.0 Å². The van der Waals surface area contributed by atoms with Crippen LogP contribution in [0, 0.1) is 11.7 Å². The third-order valence-corrected chi connectivity index (χ3v) is 8.69. The van der Waals surface area contributed by atoms with Crippen molar-refractivity contribution in [3.05, 3.63) is 75.7 Å². The number of aliphatic carboxylic acids is 1. The van der Waals surface area contributed by atoms with Crippen LogP contribution in [0.3, 0.4) is 0 Å². The number of nitrogens with zero attached hydrogens (tertiary/aromatic N) is 2. The Morgan fingerprint density at radius 3 is 2.42 bits per heavy atom. The number of amides is 1. The number of halogens is 3. The minimum atomic E-state index is -0.804. The lowest BCUT2D eigenvalue weighted by Crippen LogP contribution is -2.52. The quantitative estimate of drug-likeness (QED) is 0.354. The van der Waals surface area contributed by atoms with E-state index in [-0.39, 0.29) is 23.6 Å². The average molecular weight is 558 g/mol. The van der Waals surface area contributed by atoms with Crippen LogP contribution in [0.5, 0.6) is 0 Å². The van der Waals surface area contributed by atoms with Gasteiger partial charge in [-0.05, 0) is 98.1 Å². The summed E-state index contributed by atoms with van der Waals surface area (Å²) in [4.78, 5) is 32.2. The summed E-state index contributed by atoms with van der Waals surface area (Å²) in [7, 11) is 0. The predicted molar refractivity (Wildman–Crippen MR) is 148 cm³/mol. The van der Waals surface area contributed by atoms with Gasteiger partial charge in [-0.25, -0.2) is 4.39 Å². The number of carboxylic acids is 1. The number of carbonyl (C=O) groups excluding carboxylic acids is 1. The zero-order valence-corrected chi connectivity index (χ0v) is 22.4. The van der Waals surface area contributed by atoms with E-state index < -0.39 is 12.0 Å². The fourth-order valence-electron chi connectivity index (χ4n) is 5.92. The summed E-state index contributed by atoms with van der Waals surface area (Å²) in [5, 5.41) is 11.9. The number of H-pyrrole nitrogens is 1. The molecule has 2 N–H and O–H groups in total. The Bertz CT molecular complexity index is 1360. The summed E-state index contributed by atoms with van der Waals surface area (Å²) >= 11 is 12.0. The van der Waals surface area contributed by atoms with Crippen molar-refractivity contribution in [2.75, 3.05) is 26.2 Å². The van der Waals surface area contributed by atoms with Gasteiger partial charge in [0.2, 0.25) is 5.91 Å². The molecule has 3 heterocycles. The monoisotopic (exact) mass is 557 g/mol. The van der Waals surface area contributed by atoms with E-state index in [1.54, 1.807) is 41.3 Å². The molecule has 1 aromatic heterocycles. The number of hydrogen-bond acceptors (Lipinski definition) is 3. The van der Waals surface area contributed by atoms with E-state index in [0.717, 1.165) is 34.9 Å². The van der Waals surface area contributed by atoms with Crippen molar-refractivity contribution in [2.24, 2.45) is 5.92 Å². The topological polar surface area (TPSA) is 76.6 Å². The van der Waals surface area contributed by atoms with Crippen LogP contribution >= 0.6 is 23.2 Å². The Labute approximate surface area is 231 Å². The Hall–Kier alpha value is -2.87. The molecule has 2 fully saturated rings. The first-order valence-electron chi connectivity index (χ1n) is 13.0. The fourth-order valence-corrected chi connectivity index (χ4v) is 6.23. The normalized spacial score (nSPS) is 18.9. The molecule has 0 spiro atoms. The first-order valence-corrected chi connectivity index (χ1v) is 13.7. The van der Waals surface area contributed by atoms with Gasteiger partial charge in [-0.2, -0.15) is 0 Å². The molecular weight excluding hydrogens is 528 g/mol. The number of aromatic amines is 1. The number of carboxylic acid groups (broad SMARTS) is 1. The maximum Gasteiger partial charge on any atom is 0.321 e. The summed E-state index contributed by atoms with van der Waals surface area (Å²) < 4.78 is 13.8. The number of benzene rings is 2. The summed E-state index contributed by atoms with van der Waals surface area (Å²) in [5.74, 6) is -0.914. The van der Waals surface area contributed by atoms with Gasteiger partial charge in [-0.15, -0.1) is 0 Å². The van der Waals surface area contributed by atoms with Crippen molar-refractivity contribution in [3.8, 4) is 0 Å². The predicted octanol–water partition coefficient (Wildman–Crippen LogP) is 6.20. The van der Waals surface area contributed by atoms with Crippen molar-refractivity contribution in [1.82, 2.24) is 14.8 Å². The molecule has 1 amide bonds. The SMILES string of the molecule is O=C(O)C(C1CCN(C(=O)C=Cc2ccc(Cl)c(Cl)c2)CC1)N1CCC(c2c[nH]c3ccc(F)cc23)CC1. The Balaban J connectivity index is 1.17. The van der Waals surface area contributed by atoms with Gasteiger partial charge in [0.25, 0.3) is 0 Å². The number of likely N-dealkylation sites (tertiary alicyclic amines) is 2. The second-order valence-corrected chi connectivity index (χ2v) is 11.0. The third kappa shape index (κ3) is 5.75. The van der Waals surface area contributed by atoms with E-state index in [0.29, 0.717) is 49.1 Å². The molecule has 6 nitrogen and oxygen atoms in total. The van der Waals surface area contributed by atoms with Gasteiger partial charge >= 0.3 is 5.97 Å². The first-order chi connectivity index (χ1) is 18.3. The van der Waals surface area contributed by atoms with Crippen LogP contribution in [0.25, 0.3) is 17.0 Å². The molecule has 0 aliphatic carbocycles. The van der Waals surface area contributed by atoms with E-state index in [9.17, 15) is 19.1 Å². The molecule has 9 heteroatoms. The molecule has 2 aromatic carbocycles. The lowest BCUT2D eigenvalue weighted by molar-refractivity contribution is -0.147. The Morgan fingerprint density at radius 1 is 1.00 bits per heavy atom. The van der Waals surface area contributed by atoms with Crippen LogP contribution in [0.15, 0.2) is 48.7 Å². The second kappa shape index (κ2) is 11.5. The minimum Gasteiger partial charge on any atom is -0.480 e.